The molecule has 2 unspecified atom stereocenters. The third kappa shape index (κ3) is 3.84. The summed E-state index contributed by atoms with van der Waals surface area (Å²) in [5, 5.41) is 0. The minimum atomic E-state index is -0.600. The van der Waals surface area contributed by atoms with Gasteiger partial charge in [0.1, 0.15) is 6.61 Å². The Morgan fingerprint density at radius 1 is 1.09 bits per heavy atom. The minimum Gasteiger partial charge on any atom is -0.493 e. The third-order valence-corrected chi connectivity index (χ3v) is 7.34. The molecule has 0 radical (unpaired) electrons. The topological polar surface area (TPSA) is 84.2 Å². The fourth-order valence-corrected chi connectivity index (χ4v) is 5.79. The molecule has 0 N–H and O–H groups in total. The van der Waals surface area contributed by atoms with Crippen molar-refractivity contribution in [1.29, 1.82) is 0 Å². The number of rotatable bonds is 2. The summed E-state index contributed by atoms with van der Waals surface area (Å²) in [7, 11) is 4.19. The molecule has 0 aromatic carbocycles. The molecule has 0 saturated heterocycles. The number of carbonyl (C=O) groups is 2. The standard InChI is InChI=1S/C28H28N4O3/c1-32(2)15-17-4-3-16-9-21-23-14-29-13-18(23)10-20(16)27(17)30-6-5-19-11-22-24(33)12-25(34)26(21)28(22)31-7-8-35-19/h7,9-11,13-14,17,22H,3-6,8,12,15H2,1-2H3/b19-11-,30-27-,31-7-. The van der Waals surface area contributed by atoms with Crippen molar-refractivity contribution in [2.75, 3.05) is 33.8 Å². The van der Waals surface area contributed by atoms with Gasteiger partial charge < -0.3 is 9.64 Å². The summed E-state index contributed by atoms with van der Waals surface area (Å²) < 4.78 is 5.94. The third-order valence-electron chi connectivity index (χ3n) is 7.34. The van der Waals surface area contributed by atoms with Crippen LogP contribution >= 0.6 is 0 Å². The van der Waals surface area contributed by atoms with Crippen molar-refractivity contribution >= 4 is 29.1 Å². The molecular formula is C28H28N4O3. The van der Waals surface area contributed by atoms with Gasteiger partial charge in [-0.05, 0) is 61.8 Å². The van der Waals surface area contributed by atoms with Gasteiger partial charge in [0, 0.05) is 66.4 Å². The van der Waals surface area contributed by atoms with Gasteiger partial charge in [-0.1, -0.05) is 0 Å². The molecule has 178 valence electrons. The van der Waals surface area contributed by atoms with E-state index in [2.05, 4.69) is 41.1 Å². The molecule has 7 heteroatoms. The first-order valence-corrected chi connectivity index (χ1v) is 12.3. The second-order valence-electron chi connectivity index (χ2n) is 9.99. The Kier molecular flexibility index (Phi) is 5.44. The van der Waals surface area contributed by atoms with Gasteiger partial charge in [-0.2, -0.15) is 0 Å². The summed E-state index contributed by atoms with van der Waals surface area (Å²) >= 11 is 0. The largest absolute Gasteiger partial charge is 0.493 e. The number of nitrogens with zero attached hydrogens (tertiary/aromatic N) is 4. The van der Waals surface area contributed by atoms with Crippen LogP contribution in [0.5, 0.6) is 0 Å². The fraction of sp³-hybridized carbons (Fsp3) is 0.393. The Bertz CT molecular complexity index is 1330. The van der Waals surface area contributed by atoms with Gasteiger partial charge in [-0.15, -0.1) is 0 Å². The zero-order valence-electron chi connectivity index (χ0n) is 20.1. The minimum absolute atomic E-state index is 0.133. The molecule has 0 saturated carbocycles. The van der Waals surface area contributed by atoms with Crippen LogP contribution < -0.4 is 0 Å². The zero-order valence-corrected chi connectivity index (χ0v) is 20.1. The van der Waals surface area contributed by atoms with Crippen molar-refractivity contribution in [1.82, 2.24) is 9.88 Å². The van der Waals surface area contributed by atoms with Crippen LogP contribution in [0.25, 0.3) is 16.7 Å². The van der Waals surface area contributed by atoms with Gasteiger partial charge in [0.05, 0.1) is 23.8 Å². The van der Waals surface area contributed by atoms with E-state index in [0.717, 1.165) is 53.1 Å². The predicted octanol–water partition coefficient (Wildman–Crippen LogP) is 3.36. The number of hydrogen-bond acceptors (Lipinski definition) is 7. The van der Waals surface area contributed by atoms with E-state index in [-0.39, 0.29) is 18.0 Å². The molecule has 3 heterocycles. The van der Waals surface area contributed by atoms with E-state index in [9.17, 15) is 9.59 Å². The maximum Gasteiger partial charge on any atom is 0.172 e. The van der Waals surface area contributed by atoms with E-state index in [0.29, 0.717) is 36.8 Å². The van der Waals surface area contributed by atoms with Crippen LogP contribution in [-0.2, 0) is 20.7 Å². The van der Waals surface area contributed by atoms with E-state index < -0.39 is 5.92 Å². The average Bonchev–Trinajstić information content (AvgIpc) is 3.19. The van der Waals surface area contributed by atoms with Crippen LogP contribution in [0.4, 0.5) is 0 Å². The molecule has 0 spiro atoms. The average molecular weight is 469 g/mol. The second kappa shape index (κ2) is 8.64. The highest BCUT2D eigenvalue weighted by Gasteiger charge is 2.37. The van der Waals surface area contributed by atoms with E-state index in [1.54, 1.807) is 6.21 Å². The Hall–Kier alpha value is -3.45. The Labute approximate surface area is 204 Å². The zero-order chi connectivity index (χ0) is 24.1. The van der Waals surface area contributed by atoms with Crippen LogP contribution in [-0.4, -0.2) is 67.2 Å². The van der Waals surface area contributed by atoms with Gasteiger partial charge in [0.15, 0.2) is 11.6 Å². The second-order valence-corrected chi connectivity index (χ2v) is 9.99. The summed E-state index contributed by atoms with van der Waals surface area (Å²) in [6.07, 6.45) is 9.56. The van der Waals surface area contributed by atoms with Gasteiger partial charge >= 0.3 is 0 Å². The van der Waals surface area contributed by atoms with Gasteiger partial charge in [0.25, 0.3) is 0 Å². The van der Waals surface area contributed by atoms with Crippen molar-refractivity contribution in [2.45, 2.75) is 25.7 Å². The van der Waals surface area contributed by atoms with Crippen LogP contribution in [0.15, 0.2) is 52.0 Å². The predicted molar refractivity (Wildman–Crippen MR) is 135 cm³/mol. The molecule has 2 atom stereocenters. The highest BCUT2D eigenvalue weighted by Crippen LogP contribution is 2.42. The lowest BCUT2D eigenvalue weighted by atomic mass is 9.80. The number of aromatic nitrogens is 1. The van der Waals surface area contributed by atoms with Crippen molar-refractivity contribution < 1.29 is 14.3 Å². The lowest BCUT2D eigenvalue weighted by Crippen LogP contribution is -2.32. The maximum absolute atomic E-state index is 13.4. The van der Waals surface area contributed by atoms with Gasteiger partial charge in [-0.3, -0.25) is 24.6 Å². The first kappa shape index (κ1) is 22.0. The molecule has 6 rings (SSSR count). The number of aliphatic imine (C=N–C) groups is 2. The summed E-state index contributed by atoms with van der Waals surface area (Å²) in [5.41, 5.74) is 7.17. The first-order valence-electron chi connectivity index (χ1n) is 12.3. The van der Waals surface area contributed by atoms with E-state index in [1.807, 2.05) is 18.5 Å². The summed E-state index contributed by atoms with van der Waals surface area (Å²) in [5.74, 6) is 0.133. The Morgan fingerprint density at radius 3 is 2.83 bits per heavy atom. The van der Waals surface area contributed by atoms with Crippen LogP contribution in [0.3, 0.4) is 0 Å². The summed E-state index contributed by atoms with van der Waals surface area (Å²) in [6, 6.07) is 4.33. The summed E-state index contributed by atoms with van der Waals surface area (Å²) in [6.45, 7) is 1.78. The maximum atomic E-state index is 13.4. The molecule has 8 bridgehead atoms. The molecule has 0 amide bonds. The normalized spacial score (nSPS) is 27.7. The van der Waals surface area contributed by atoms with Crippen LogP contribution in [0.2, 0.25) is 0 Å². The van der Waals surface area contributed by atoms with E-state index in [4.69, 9.17) is 9.73 Å². The SMILES string of the molecule is CN(C)CC1CCc2cc3c4cncc-4cc2/C1=N\CC/C1=C/C2C(=O)CC(=O)C3=C2/N=C\CO1. The Morgan fingerprint density at radius 2 is 1.97 bits per heavy atom. The number of ether oxygens (including phenoxy) is 1. The lowest BCUT2D eigenvalue weighted by Gasteiger charge is -2.28. The molecular weight excluding hydrogens is 440 g/mol. The number of allylic oxidation sites excluding steroid dienone is 2. The van der Waals surface area contributed by atoms with Crippen molar-refractivity contribution in [3.05, 3.63) is 58.7 Å². The van der Waals surface area contributed by atoms with Crippen molar-refractivity contribution in [2.24, 2.45) is 21.8 Å². The van der Waals surface area contributed by atoms with Gasteiger partial charge in [-0.25, -0.2) is 0 Å². The number of carbonyl (C=O) groups excluding carboxylic acids is 2. The van der Waals surface area contributed by atoms with Crippen molar-refractivity contribution in [3.63, 3.8) is 0 Å². The number of ketones is 2. The van der Waals surface area contributed by atoms with E-state index >= 15 is 0 Å². The van der Waals surface area contributed by atoms with Crippen LogP contribution in [0, 0.1) is 11.8 Å². The molecule has 0 fully saturated rings. The highest BCUT2D eigenvalue weighted by atomic mass is 16.5. The molecule has 0 aromatic heterocycles. The first-order chi connectivity index (χ1) is 17.0. The Balaban J connectivity index is 1.68. The number of hydrogen-bond donors (Lipinski definition) is 0. The quantitative estimate of drug-likeness (QED) is 0.631. The molecule has 3 aliphatic heterocycles. The number of Topliss-reactive ketones (excluding diaryl/α,β-unsaturated/α-hetero) is 2. The van der Waals surface area contributed by atoms with Gasteiger partial charge in [0.2, 0.25) is 0 Å². The monoisotopic (exact) mass is 468 g/mol. The number of aryl methyl sites for hydroxylation is 1. The number of fused-ring (bicyclic) bond motifs is 4. The molecule has 6 aliphatic rings. The molecule has 35 heavy (non-hydrogen) atoms. The lowest BCUT2D eigenvalue weighted by molar-refractivity contribution is -0.126. The molecule has 3 aliphatic carbocycles. The fourth-order valence-electron chi connectivity index (χ4n) is 5.79. The van der Waals surface area contributed by atoms with Crippen molar-refractivity contribution in [3.8, 4) is 11.1 Å². The van der Waals surface area contributed by atoms with Crippen LogP contribution in [0.1, 0.15) is 36.0 Å². The van der Waals surface area contributed by atoms with E-state index in [1.165, 1.54) is 5.56 Å². The highest BCUT2D eigenvalue weighted by molar-refractivity contribution is 6.31. The smallest absolute Gasteiger partial charge is 0.172 e. The summed E-state index contributed by atoms with van der Waals surface area (Å²) in [4.78, 5) is 42.9. The molecule has 7 nitrogen and oxygen atoms in total. The molecule has 0 aromatic rings.